The number of hydrogen-bond donors (Lipinski definition) is 2. The summed E-state index contributed by atoms with van der Waals surface area (Å²) in [5.74, 6) is 7.47. The molecule has 0 saturated heterocycles. The lowest BCUT2D eigenvalue weighted by Gasteiger charge is -2.24. The quantitative estimate of drug-likeness (QED) is 0.584. The third-order valence-corrected chi connectivity index (χ3v) is 3.37. The van der Waals surface area contributed by atoms with Crippen LogP contribution < -0.4 is 16.2 Å². The van der Waals surface area contributed by atoms with Crippen molar-refractivity contribution in [1.29, 1.82) is 0 Å². The number of aromatic nitrogens is 5. The van der Waals surface area contributed by atoms with E-state index in [-0.39, 0.29) is 0 Å². The zero-order valence-corrected chi connectivity index (χ0v) is 12.7. The first-order valence-corrected chi connectivity index (χ1v) is 7.13. The van der Waals surface area contributed by atoms with Gasteiger partial charge in [0.05, 0.1) is 0 Å². The Balaban J connectivity index is 2.35. The van der Waals surface area contributed by atoms with Crippen LogP contribution in [0.3, 0.4) is 0 Å². The van der Waals surface area contributed by atoms with Gasteiger partial charge in [-0.15, -0.1) is 0 Å². The lowest BCUT2D eigenvalue weighted by molar-refractivity contribution is 0.541. The Morgan fingerprint density at radius 1 is 1.33 bits per heavy atom. The largest absolute Gasteiger partial charge is 0.341 e. The molecule has 0 aliphatic heterocycles. The first-order chi connectivity index (χ1) is 10.2. The van der Waals surface area contributed by atoms with Crippen LogP contribution in [0.2, 0.25) is 0 Å². The van der Waals surface area contributed by atoms with E-state index in [0.717, 1.165) is 19.5 Å². The molecule has 2 aromatic rings. The molecule has 0 spiro atoms. The average molecular weight is 290 g/mol. The van der Waals surface area contributed by atoms with Gasteiger partial charge in [0.1, 0.15) is 6.33 Å². The molecule has 8 heteroatoms. The van der Waals surface area contributed by atoms with E-state index in [2.05, 4.69) is 51.0 Å². The minimum Gasteiger partial charge on any atom is -0.341 e. The van der Waals surface area contributed by atoms with E-state index in [0.29, 0.717) is 23.8 Å². The van der Waals surface area contributed by atoms with Gasteiger partial charge >= 0.3 is 0 Å². The molecule has 1 unspecified atom stereocenters. The zero-order valence-electron chi connectivity index (χ0n) is 12.7. The summed E-state index contributed by atoms with van der Waals surface area (Å²) in [6.45, 7) is 8.18. The Morgan fingerprint density at radius 2 is 2.14 bits per heavy atom. The average Bonchev–Trinajstić information content (AvgIpc) is 3.06. The van der Waals surface area contributed by atoms with Crippen LogP contribution in [-0.4, -0.2) is 37.6 Å². The van der Waals surface area contributed by atoms with Crippen molar-refractivity contribution in [2.45, 2.75) is 27.2 Å². The Bertz CT molecular complexity index is 553. The highest BCUT2D eigenvalue weighted by Gasteiger charge is 2.15. The molecule has 2 rings (SSSR count). The van der Waals surface area contributed by atoms with Crippen LogP contribution in [-0.2, 0) is 0 Å². The molecule has 0 amide bonds. The molecule has 1 atom stereocenters. The van der Waals surface area contributed by atoms with Crippen molar-refractivity contribution < 1.29 is 0 Å². The maximum atomic E-state index is 5.46. The Labute approximate surface area is 124 Å². The molecule has 3 N–H and O–H groups in total. The predicted molar refractivity (Wildman–Crippen MR) is 82.1 cm³/mol. The van der Waals surface area contributed by atoms with Gasteiger partial charge < -0.3 is 4.90 Å². The second-order valence-corrected chi connectivity index (χ2v) is 4.93. The van der Waals surface area contributed by atoms with E-state index in [1.165, 1.54) is 0 Å². The predicted octanol–water partition coefficient (Wildman–Crippen LogP) is 1.22. The van der Waals surface area contributed by atoms with Crippen molar-refractivity contribution in [3.8, 4) is 5.95 Å². The van der Waals surface area contributed by atoms with Crippen LogP contribution in [0.4, 0.5) is 11.9 Å². The molecule has 2 aromatic heterocycles. The summed E-state index contributed by atoms with van der Waals surface area (Å²) < 4.78 is 1.73. The van der Waals surface area contributed by atoms with Crippen molar-refractivity contribution in [3.05, 3.63) is 18.7 Å². The standard InChI is InChI=1S/C13H22N8/c1-4-10(3)8-20(5-2)12-16-11(19-14)17-13(18-12)21-7-6-15-9-21/h6-7,9-10H,4-5,8,14H2,1-3H3,(H,16,17,18,19). The van der Waals surface area contributed by atoms with Gasteiger partial charge in [-0.3, -0.25) is 9.99 Å². The number of nitrogens with one attached hydrogen (secondary N) is 1. The van der Waals surface area contributed by atoms with Gasteiger partial charge in [0.25, 0.3) is 0 Å². The second kappa shape index (κ2) is 6.98. The van der Waals surface area contributed by atoms with Crippen LogP contribution in [0, 0.1) is 5.92 Å². The molecule has 114 valence electrons. The summed E-state index contributed by atoms with van der Waals surface area (Å²) in [6.07, 6.45) is 6.21. The fourth-order valence-corrected chi connectivity index (χ4v) is 1.91. The smallest absolute Gasteiger partial charge is 0.243 e. The third-order valence-electron chi connectivity index (χ3n) is 3.37. The number of nitrogens with two attached hydrogens (primary N) is 1. The normalized spacial score (nSPS) is 12.2. The Morgan fingerprint density at radius 3 is 2.71 bits per heavy atom. The van der Waals surface area contributed by atoms with Crippen LogP contribution >= 0.6 is 0 Å². The maximum absolute atomic E-state index is 5.46. The number of anilines is 2. The van der Waals surface area contributed by atoms with Crippen molar-refractivity contribution in [2.75, 3.05) is 23.4 Å². The molecule has 0 aliphatic rings. The highest BCUT2D eigenvalue weighted by atomic mass is 15.4. The molecule has 0 aliphatic carbocycles. The van der Waals surface area contributed by atoms with Gasteiger partial charge in [-0.05, 0) is 12.8 Å². The zero-order chi connectivity index (χ0) is 15.2. The van der Waals surface area contributed by atoms with Crippen LogP contribution in [0.1, 0.15) is 27.2 Å². The van der Waals surface area contributed by atoms with Crippen molar-refractivity contribution in [3.63, 3.8) is 0 Å². The molecule has 21 heavy (non-hydrogen) atoms. The van der Waals surface area contributed by atoms with E-state index >= 15 is 0 Å². The summed E-state index contributed by atoms with van der Waals surface area (Å²) in [5.41, 5.74) is 2.49. The summed E-state index contributed by atoms with van der Waals surface area (Å²) in [6, 6.07) is 0. The van der Waals surface area contributed by atoms with E-state index in [9.17, 15) is 0 Å². The number of imidazole rings is 1. The van der Waals surface area contributed by atoms with Gasteiger partial charge in [0, 0.05) is 25.5 Å². The van der Waals surface area contributed by atoms with Gasteiger partial charge in [0.2, 0.25) is 17.8 Å². The maximum Gasteiger partial charge on any atom is 0.243 e. The van der Waals surface area contributed by atoms with E-state index in [4.69, 9.17) is 5.84 Å². The van der Waals surface area contributed by atoms with Gasteiger partial charge in [-0.1, -0.05) is 20.3 Å². The fourth-order valence-electron chi connectivity index (χ4n) is 1.91. The monoisotopic (exact) mass is 290 g/mol. The van der Waals surface area contributed by atoms with E-state index in [1.807, 2.05) is 0 Å². The van der Waals surface area contributed by atoms with Crippen molar-refractivity contribution in [1.82, 2.24) is 24.5 Å². The molecule has 0 aromatic carbocycles. The molecule has 0 saturated carbocycles. The molecular weight excluding hydrogens is 268 g/mol. The van der Waals surface area contributed by atoms with Crippen LogP contribution in [0.25, 0.3) is 5.95 Å². The fraction of sp³-hybridized carbons (Fsp3) is 0.538. The molecule has 0 fully saturated rings. The Hall–Kier alpha value is -2.22. The minimum absolute atomic E-state index is 0.339. The summed E-state index contributed by atoms with van der Waals surface area (Å²) in [5, 5.41) is 0. The van der Waals surface area contributed by atoms with E-state index in [1.54, 1.807) is 23.3 Å². The summed E-state index contributed by atoms with van der Waals surface area (Å²) in [4.78, 5) is 19.2. The lowest BCUT2D eigenvalue weighted by Crippen LogP contribution is -2.30. The van der Waals surface area contributed by atoms with E-state index < -0.39 is 0 Å². The molecule has 8 nitrogen and oxygen atoms in total. The first kappa shape index (κ1) is 15.2. The topological polar surface area (TPSA) is 97.8 Å². The molecule has 0 bridgehead atoms. The number of hydrazine groups is 1. The third kappa shape index (κ3) is 3.66. The minimum atomic E-state index is 0.339. The Kier molecular flexibility index (Phi) is 5.04. The van der Waals surface area contributed by atoms with Crippen LogP contribution in [0.15, 0.2) is 18.7 Å². The molecule has 0 radical (unpaired) electrons. The number of rotatable bonds is 7. The van der Waals surface area contributed by atoms with Gasteiger partial charge in [-0.25, -0.2) is 10.8 Å². The van der Waals surface area contributed by atoms with Gasteiger partial charge in [0.15, 0.2) is 0 Å². The highest BCUT2D eigenvalue weighted by Crippen LogP contribution is 2.15. The summed E-state index contributed by atoms with van der Waals surface area (Å²) >= 11 is 0. The number of nitrogens with zero attached hydrogens (tertiary/aromatic N) is 6. The van der Waals surface area contributed by atoms with Crippen molar-refractivity contribution in [2.24, 2.45) is 11.8 Å². The molecular formula is C13H22N8. The van der Waals surface area contributed by atoms with Crippen molar-refractivity contribution >= 4 is 11.9 Å². The van der Waals surface area contributed by atoms with Crippen LogP contribution in [0.5, 0.6) is 0 Å². The van der Waals surface area contributed by atoms with Gasteiger partial charge in [-0.2, -0.15) is 15.0 Å². The highest BCUT2D eigenvalue weighted by molar-refractivity contribution is 5.39. The SMILES string of the molecule is CCC(C)CN(CC)c1nc(NN)nc(-n2ccnc2)n1. The lowest BCUT2D eigenvalue weighted by atomic mass is 10.1. The number of hydrogen-bond acceptors (Lipinski definition) is 7. The second-order valence-electron chi connectivity index (χ2n) is 4.93. The number of nitrogen functional groups attached to an aromatic ring is 1. The molecule has 2 heterocycles. The summed E-state index contributed by atoms with van der Waals surface area (Å²) in [7, 11) is 0. The first-order valence-electron chi connectivity index (χ1n) is 7.13.